The molecule has 0 saturated carbocycles. The van der Waals surface area contributed by atoms with E-state index >= 15 is 0 Å². The minimum absolute atomic E-state index is 0.183. The van der Waals surface area contributed by atoms with Crippen molar-refractivity contribution in [3.05, 3.63) is 0 Å². The first-order valence-electron chi connectivity index (χ1n) is 7.33. The van der Waals surface area contributed by atoms with Crippen LogP contribution in [0, 0.1) is 5.92 Å². The van der Waals surface area contributed by atoms with Crippen molar-refractivity contribution < 1.29 is 9.53 Å². The average molecular weight is 269 g/mol. The number of rotatable bonds is 1. The van der Waals surface area contributed by atoms with Crippen LogP contribution in [0.3, 0.4) is 0 Å². The molecule has 2 N–H and O–H groups in total. The summed E-state index contributed by atoms with van der Waals surface area (Å²) in [6.45, 7) is 10.2. The first kappa shape index (κ1) is 14.6. The second-order valence-corrected chi connectivity index (χ2v) is 6.67. The van der Waals surface area contributed by atoms with E-state index in [9.17, 15) is 4.79 Å². The maximum Gasteiger partial charge on any atom is 0.410 e. The van der Waals surface area contributed by atoms with Crippen LogP contribution in [0.15, 0.2) is 0 Å². The molecule has 2 aliphatic heterocycles. The fourth-order valence-corrected chi connectivity index (χ4v) is 3.08. The van der Waals surface area contributed by atoms with E-state index in [0.717, 1.165) is 39.0 Å². The molecular weight excluding hydrogens is 242 g/mol. The summed E-state index contributed by atoms with van der Waals surface area (Å²) in [4.78, 5) is 16.6. The van der Waals surface area contributed by atoms with Crippen molar-refractivity contribution >= 4 is 6.09 Å². The van der Waals surface area contributed by atoms with Crippen molar-refractivity contribution in [3.8, 4) is 0 Å². The molecule has 2 saturated heterocycles. The van der Waals surface area contributed by atoms with Gasteiger partial charge >= 0.3 is 6.09 Å². The molecule has 5 heteroatoms. The summed E-state index contributed by atoms with van der Waals surface area (Å²) in [7, 11) is 0. The maximum atomic E-state index is 12.2. The SMILES string of the molecule is CC(C)(C)OC(=O)N1CCCN2CCC(CN)C2C1. The summed E-state index contributed by atoms with van der Waals surface area (Å²) >= 11 is 0. The van der Waals surface area contributed by atoms with E-state index in [1.54, 1.807) is 0 Å². The Bertz CT molecular complexity index is 327. The van der Waals surface area contributed by atoms with E-state index in [1.165, 1.54) is 0 Å². The minimum atomic E-state index is -0.425. The van der Waals surface area contributed by atoms with Gasteiger partial charge in [-0.05, 0) is 52.6 Å². The molecule has 2 heterocycles. The number of nitrogens with two attached hydrogens (primary N) is 1. The zero-order chi connectivity index (χ0) is 14.0. The predicted octanol–water partition coefficient (Wildman–Crippen LogP) is 1.28. The van der Waals surface area contributed by atoms with Gasteiger partial charge in [0, 0.05) is 25.7 Å². The summed E-state index contributed by atoms with van der Waals surface area (Å²) in [6.07, 6.45) is 1.99. The molecule has 0 bridgehead atoms. The molecule has 0 radical (unpaired) electrons. The third-order valence-electron chi connectivity index (χ3n) is 4.04. The number of ether oxygens (including phenoxy) is 1. The van der Waals surface area contributed by atoms with Crippen LogP contribution in [0.5, 0.6) is 0 Å². The summed E-state index contributed by atoms with van der Waals surface area (Å²) in [5.41, 5.74) is 5.43. The summed E-state index contributed by atoms with van der Waals surface area (Å²) in [6, 6.07) is 0.417. The summed E-state index contributed by atoms with van der Waals surface area (Å²) in [5, 5.41) is 0. The Morgan fingerprint density at radius 1 is 1.32 bits per heavy atom. The largest absolute Gasteiger partial charge is 0.444 e. The molecule has 0 aromatic heterocycles. The monoisotopic (exact) mass is 269 g/mol. The Kier molecular flexibility index (Phi) is 4.36. The van der Waals surface area contributed by atoms with Crippen molar-refractivity contribution in [3.63, 3.8) is 0 Å². The number of hydrogen-bond donors (Lipinski definition) is 1. The van der Waals surface area contributed by atoms with Gasteiger partial charge < -0.3 is 15.4 Å². The van der Waals surface area contributed by atoms with E-state index < -0.39 is 5.60 Å². The van der Waals surface area contributed by atoms with Gasteiger partial charge in [-0.1, -0.05) is 0 Å². The molecule has 19 heavy (non-hydrogen) atoms. The number of carbonyl (C=O) groups is 1. The van der Waals surface area contributed by atoms with Gasteiger partial charge in [-0.25, -0.2) is 4.79 Å². The van der Waals surface area contributed by atoms with Crippen LogP contribution in [0.1, 0.15) is 33.6 Å². The van der Waals surface area contributed by atoms with Crippen LogP contribution in [-0.2, 0) is 4.74 Å². The molecule has 0 aliphatic carbocycles. The van der Waals surface area contributed by atoms with Crippen LogP contribution < -0.4 is 5.73 Å². The molecule has 2 unspecified atom stereocenters. The van der Waals surface area contributed by atoms with Gasteiger partial charge in [0.1, 0.15) is 5.60 Å². The lowest BCUT2D eigenvalue weighted by atomic mass is 10.0. The van der Waals surface area contributed by atoms with Crippen molar-refractivity contribution in [1.29, 1.82) is 0 Å². The smallest absolute Gasteiger partial charge is 0.410 e. The fraction of sp³-hybridized carbons (Fsp3) is 0.929. The van der Waals surface area contributed by atoms with E-state index in [4.69, 9.17) is 10.5 Å². The van der Waals surface area contributed by atoms with Crippen LogP contribution in [0.25, 0.3) is 0 Å². The van der Waals surface area contributed by atoms with Crippen molar-refractivity contribution in [2.45, 2.75) is 45.3 Å². The Morgan fingerprint density at radius 2 is 2.05 bits per heavy atom. The molecule has 2 atom stereocenters. The Balaban J connectivity index is 2.00. The second-order valence-electron chi connectivity index (χ2n) is 6.67. The molecule has 0 spiro atoms. The zero-order valence-corrected chi connectivity index (χ0v) is 12.4. The zero-order valence-electron chi connectivity index (χ0n) is 12.4. The van der Waals surface area contributed by atoms with Gasteiger partial charge in [-0.2, -0.15) is 0 Å². The molecule has 2 aliphatic rings. The number of amides is 1. The lowest BCUT2D eigenvalue weighted by Gasteiger charge is -2.30. The van der Waals surface area contributed by atoms with Gasteiger partial charge in [0.05, 0.1) is 0 Å². The Hall–Kier alpha value is -0.810. The standard InChI is InChI=1S/C14H27N3O2/c1-14(2,3)19-13(18)17-7-4-6-16-8-5-11(9-15)12(16)10-17/h11-12H,4-10,15H2,1-3H3. The molecule has 110 valence electrons. The third kappa shape index (κ3) is 3.60. The quantitative estimate of drug-likeness (QED) is 0.779. The highest BCUT2D eigenvalue weighted by Gasteiger charge is 2.37. The first-order chi connectivity index (χ1) is 8.90. The Labute approximate surface area is 116 Å². The average Bonchev–Trinajstić information content (AvgIpc) is 2.55. The third-order valence-corrected chi connectivity index (χ3v) is 4.04. The topological polar surface area (TPSA) is 58.8 Å². The van der Waals surface area contributed by atoms with E-state index in [1.807, 2.05) is 25.7 Å². The van der Waals surface area contributed by atoms with Gasteiger partial charge in [0.25, 0.3) is 0 Å². The molecule has 0 aromatic rings. The fourth-order valence-electron chi connectivity index (χ4n) is 3.08. The van der Waals surface area contributed by atoms with E-state index in [2.05, 4.69) is 4.90 Å². The van der Waals surface area contributed by atoms with Gasteiger partial charge in [0.15, 0.2) is 0 Å². The highest BCUT2D eigenvalue weighted by molar-refractivity contribution is 5.68. The first-order valence-corrected chi connectivity index (χ1v) is 7.33. The van der Waals surface area contributed by atoms with Gasteiger partial charge in [0.2, 0.25) is 0 Å². The van der Waals surface area contributed by atoms with Gasteiger partial charge in [-0.3, -0.25) is 4.90 Å². The van der Waals surface area contributed by atoms with E-state index in [-0.39, 0.29) is 6.09 Å². The molecular formula is C14H27N3O2. The lowest BCUT2D eigenvalue weighted by Crippen LogP contribution is -2.45. The highest BCUT2D eigenvalue weighted by atomic mass is 16.6. The van der Waals surface area contributed by atoms with Crippen LogP contribution >= 0.6 is 0 Å². The predicted molar refractivity (Wildman–Crippen MR) is 74.9 cm³/mol. The minimum Gasteiger partial charge on any atom is -0.444 e. The summed E-state index contributed by atoms with van der Waals surface area (Å²) in [5.74, 6) is 0.517. The van der Waals surface area contributed by atoms with Crippen molar-refractivity contribution in [2.24, 2.45) is 11.7 Å². The Morgan fingerprint density at radius 3 is 2.68 bits per heavy atom. The number of fused-ring (bicyclic) bond motifs is 1. The number of nitrogens with zero attached hydrogens (tertiary/aromatic N) is 2. The van der Waals surface area contributed by atoms with Crippen LogP contribution in [0.4, 0.5) is 4.79 Å². The lowest BCUT2D eigenvalue weighted by molar-refractivity contribution is 0.0229. The highest BCUT2D eigenvalue weighted by Crippen LogP contribution is 2.27. The number of carbonyl (C=O) groups excluding carboxylic acids is 1. The molecule has 2 rings (SSSR count). The molecule has 0 aromatic carbocycles. The van der Waals surface area contributed by atoms with Crippen LogP contribution in [-0.4, -0.2) is 60.3 Å². The second kappa shape index (κ2) is 5.67. The van der Waals surface area contributed by atoms with Crippen molar-refractivity contribution in [2.75, 3.05) is 32.7 Å². The van der Waals surface area contributed by atoms with Crippen LogP contribution in [0.2, 0.25) is 0 Å². The maximum absolute atomic E-state index is 12.2. The molecule has 2 fully saturated rings. The normalized spacial score (nSPS) is 28.9. The summed E-state index contributed by atoms with van der Waals surface area (Å²) < 4.78 is 5.49. The molecule has 5 nitrogen and oxygen atoms in total. The molecule has 1 amide bonds. The number of hydrogen-bond acceptors (Lipinski definition) is 4. The van der Waals surface area contributed by atoms with E-state index in [0.29, 0.717) is 18.5 Å². The van der Waals surface area contributed by atoms with Gasteiger partial charge in [-0.15, -0.1) is 0 Å². The van der Waals surface area contributed by atoms with Crippen molar-refractivity contribution in [1.82, 2.24) is 9.80 Å².